The molecule has 3 rings (SSSR count). The molecule has 122 valence electrons. The highest BCUT2D eigenvalue weighted by Gasteiger charge is 2.17. The van der Waals surface area contributed by atoms with Gasteiger partial charge in [-0.1, -0.05) is 67.1 Å². The van der Waals surface area contributed by atoms with E-state index in [4.69, 9.17) is 4.98 Å². The lowest BCUT2D eigenvalue weighted by Crippen LogP contribution is -2.03. The zero-order valence-electron chi connectivity index (χ0n) is 14.1. The van der Waals surface area contributed by atoms with Crippen LogP contribution in [0, 0.1) is 6.92 Å². The van der Waals surface area contributed by atoms with E-state index in [9.17, 15) is 0 Å². The van der Waals surface area contributed by atoms with Crippen molar-refractivity contribution in [3.05, 3.63) is 83.7 Å². The molecular weight excluding hydrogens is 312 g/mol. The van der Waals surface area contributed by atoms with Crippen LogP contribution in [0.15, 0.2) is 66.9 Å². The van der Waals surface area contributed by atoms with Crippen molar-refractivity contribution in [2.24, 2.45) is 0 Å². The van der Waals surface area contributed by atoms with E-state index >= 15 is 0 Å². The Bertz CT molecular complexity index is 787. The molecule has 0 aliphatic carbocycles. The van der Waals surface area contributed by atoms with Crippen LogP contribution in [0.5, 0.6) is 0 Å². The van der Waals surface area contributed by atoms with E-state index in [1.807, 2.05) is 42.2 Å². The van der Waals surface area contributed by atoms with Crippen LogP contribution in [0.3, 0.4) is 0 Å². The van der Waals surface area contributed by atoms with Crippen molar-refractivity contribution in [2.75, 3.05) is 5.75 Å². The van der Waals surface area contributed by atoms with Crippen molar-refractivity contribution in [1.29, 1.82) is 0 Å². The second-order valence-corrected chi connectivity index (χ2v) is 7.05. The van der Waals surface area contributed by atoms with Crippen molar-refractivity contribution < 1.29 is 0 Å². The summed E-state index contributed by atoms with van der Waals surface area (Å²) in [5, 5.41) is 0.246. The SMILES string of the molecule is CCCSC(c1cccc(C)c1)c1ccnc(-c2ccccc2)n1. The number of hydrogen-bond acceptors (Lipinski definition) is 3. The van der Waals surface area contributed by atoms with Gasteiger partial charge >= 0.3 is 0 Å². The molecule has 0 amide bonds. The Labute approximate surface area is 148 Å². The third kappa shape index (κ3) is 4.04. The van der Waals surface area contributed by atoms with E-state index in [0.717, 1.165) is 29.3 Å². The van der Waals surface area contributed by atoms with Gasteiger partial charge in [0.1, 0.15) is 0 Å². The molecule has 0 fully saturated rings. The van der Waals surface area contributed by atoms with Crippen LogP contribution < -0.4 is 0 Å². The van der Waals surface area contributed by atoms with Gasteiger partial charge in [0.25, 0.3) is 0 Å². The third-order valence-corrected chi connectivity index (χ3v) is 5.30. The summed E-state index contributed by atoms with van der Waals surface area (Å²) in [5.74, 6) is 1.91. The van der Waals surface area contributed by atoms with Crippen LogP contribution in [-0.2, 0) is 0 Å². The highest BCUT2D eigenvalue weighted by atomic mass is 32.2. The molecule has 1 unspecified atom stereocenters. The minimum absolute atomic E-state index is 0.246. The molecule has 2 nitrogen and oxygen atoms in total. The van der Waals surface area contributed by atoms with E-state index in [1.54, 1.807) is 0 Å². The maximum absolute atomic E-state index is 4.87. The molecule has 3 heteroatoms. The molecule has 1 heterocycles. The van der Waals surface area contributed by atoms with Crippen molar-refractivity contribution in [1.82, 2.24) is 9.97 Å². The Morgan fingerprint density at radius 1 is 1.00 bits per heavy atom. The molecule has 0 spiro atoms. The van der Waals surface area contributed by atoms with Gasteiger partial charge in [0, 0.05) is 11.8 Å². The predicted molar refractivity (Wildman–Crippen MR) is 103 cm³/mol. The minimum Gasteiger partial charge on any atom is -0.237 e. The largest absolute Gasteiger partial charge is 0.237 e. The Morgan fingerprint density at radius 2 is 1.83 bits per heavy atom. The number of aryl methyl sites for hydroxylation is 1. The summed E-state index contributed by atoms with van der Waals surface area (Å²) in [6.45, 7) is 4.36. The number of rotatable bonds is 6. The highest BCUT2D eigenvalue weighted by Crippen LogP contribution is 2.35. The lowest BCUT2D eigenvalue weighted by Gasteiger charge is -2.17. The molecule has 0 N–H and O–H groups in total. The Balaban J connectivity index is 1.99. The van der Waals surface area contributed by atoms with Crippen LogP contribution in [0.25, 0.3) is 11.4 Å². The van der Waals surface area contributed by atoms with Crippen LogP contribution in [0.1, 0.15) is 35.4 Å². The first kappa shape index (κ1) is 16.7. The number of thioether (sulfide) groups is 1. The van der Waals surface area contributed by atoms with Crippen LogP contribution >= 0.6 is 11.8 Å². The van der Waals surface area contributed by atoms with Gasteiger partial charge in [-0.3, -0.25) is 0 Å². The summed E-state index contributed by atoms with van der Waals surface area (Å²) in [7, 11) is 0. The smallest absolute Gasteiger partial charge is 0.159 e. The van der Waals surface area contributed by atoms with E-state index < -0.39 is 0 Å². The zero-order valence-corrected chi connectivity index (χ0v) is 15.0. The molecule has 0 aliphatic heterocycles. The van der Waals surface area contributed by atoms with Crippen LogP contribution in [0.2, 0.25) is 0 Å². The van der Waals surface area contributed by atoms with Gasteiger partial charge in [0.15, 0.2) is 5.82 Å². The average Bonchev–Trinajstić information content (AvgIpc) is 2.63. The van der Waals surface area contributed by atoms with Gasteiger partial charge in [-0.15, -0.1) is 11.8 Å². The van der Waals surface area contributed by atoms with Crippen molar-refractivity contribution in [3.8, 4) is 11.4 Å². The molecule has 0 radical (unpaired) electrons. The van der Waals surface area contributed by atoms with E-state index in [0.29, 0.717) is 0 Å². The van der Waals surface area contributed by atoms with E-state index in [2.05, 4.69) is 55.2 Å². The van der Waals surface area contributed by atoms with Crippen LogP contribution in [0.4, 0.5) is 0 Å². The molecule has 3 aromatic rings. The summed E-state index contributed by atoms with van der Waals surface area (Å²) in [6, 6.07) is 20.9. The number of hydrogen-bond donors (Lipinski definition) is 0. The zero-order chi connectivity index (χ0) is 16.8. The lowest BCUT2D eigenvalue weighted by atomic mass is 10.1. The maximum Gasteiger partial charge on any atom is 0.159 e. The summed E-state index contributed by atoms with van der Waals surface area (Å²) in [4.78, 5) is 9.33. The Kier molecular flexibility index (Phi) is 5.65. The van der Waals surface area contributed by atoms with Gasteiger partial charge in [-0.05, 0) is 30.7 Å². The molecule has 0 saturated carbocycles. The second kappa shape index (κ2) is 8.11. The molecule has 0 bridgehead atoms. The minimum atomic E-state index is 0.246. The van der Waals surface area contributed by atoms with Gasteiger partial charge in [-0.2, -0.15) is 0 Å². The fourth-order valence-electron chi connectivity index (χ4n) is 2.67. The third-order valence-electron chi connectivity index (χ3n) is 3.81. The number of nitrogens with zero attached hydrogens (tertiary/aromatic N) is 2. The first-order chi connectivity index (χ1) is 11.8. The standard InChI is InChI=1S/C21H22N2S/c1-3-14-24-20(18-11-7-8-16(2)15-18)19-12-13-22-21(23-19)17-9-5-4-6-10-17/h4-13,15,20H,3,14H2,1-2H3. The molecule has 2 aromatic carbocycles. The maximum atomic E-state index is 4.87. The summed E-state index contributed by atoms with van der Waals surface area (Å²) < 4.78 is 0. The normalized spacial score (nSPS) is 12.1. The topological polar surface area (TPSA) is 25.8 Å². The first-order valence-corrected chi connectivity index (χ1v) is 9.39. The average molecular weight is 334 g/mol. The molecule has 0 saturated heterocycles. The van der Waals surface area contributed by atoms with Crippen molar-refractivity contribution >= 4 is 11.8 Å². The molecular formula is C21H22N2S. The first-order valence-electron chi connectivity index (χ1n) is 8.34. The fraction of sp³-hybridized carbons (Fsp3) is 0.238. The van der Waals surface area contributed by atoms with Crippen molar-refractivity contribution in [3.63, 3.8) is 0 Å². The summed E-state index contributed by atoms with van der Waals surface area (Å²) in [6.07, 6.45) is 3.03. The molecule has 1 atom stereocenters. The Morgan fingerprint density at radius 3 is 2.58 bits per heavy atom. The van der Waals surface area contributed by atoms with Crippen molar-refractivity contribution in [2.45, 2.75) is 25.5 Å². The Hall–Kier alpha value is -2.13. The monoisotopic (exact) mass is 334 g/mol. The predicted octanol–water partition coefficient (Wildman–Crippen LogP) is 5.68. The van der Waals surface area contributed by atoms with Gasteiger partial charge in [0.2, 0.25) is 0 Å². The van der Waals surface area contributed by atoms with E-state index in [1.165, 1.54) is 11.1 Å². The summed E-state index contributed by atoms with van der Waals surface area (Å²) in [5.41, 5.74) is 4.73. The van der Waals surface area contributed by atoms with E-state index in [-0.39, 0.29) is 5.25 Å². The van der Waals surface area contributed by atoms with Gasteiger partial charge < -0.3 is 0 Å². The fourth-order valence-corrected chi connectivity index (χ4v) is 3.78. The summed E-state index contributed by atoms with van der Waals surface area (Å²) >= 11 is 1.95. The number of aromatic nitrogens is 2. The number of benzene rings is 2. The molecule has 0 aliphatic rings. The highest BCUT2D eigenvalue weighted by molar-refractivity contribution is 7.99. The van der Waals surface area contributed by atoms with Gasteiger partial charge in [0.05, 0.1) is 10.9 Å². The molecule has 24 heavy (non-hydrogen) atoms. The lowest BCUT2D eigenvalue weighted by molar-refractivity contribution is 1.00. The van der Waals surface area contributed by atoms with Crippen LogP contribution in [-0.4, -0.2) is 15.7 Å². The second-order valence-electron chi connectivity index (χ2n) is 5.84. The quantitative estimate of drug-likeness (QED) is 0.579. The molecule has 1 aromatic heterocycles. The van der Waals surface area contributed by atoms with Gasteiger partial charge in [-0.25, -0.2) is 9.97 Å².